The Labute approximate surface area is 206 Å². The topological polar surface area (TPSA) is 60.7 Å². The van der Waals surface area contributed by atoms with E-state index in [9.17, 15) is 9.59 Å². The molecule has 0 saturated carbocycles. The van der Waals surface area contributed by atoms with E-state index in [2.05, 4.69) is 4.99 Å². The number of allylic oxidation sites excluding steroid dienone is 2. The van der Waals surface area contributed by atoms with Gasteiger partial charge >= 0.3 is 5.97 Å². The molecule has 174 valence electrons. The smallest absolute Gasteiger partial charge is 0.338 e. The Morgan fingerprint density at radius 2 is 1.80 bits per heavy atom. The number of nitrogens with zero attached hydrogens (tertiary/aromatic N) is 2. The van der Waals surface area contributed by atoms with Crippen LogP contribution in [0.5, 0.6) is 0 Å². The summed E-state index contributed by atoms with van der Waals surface area (Å²) < 4.78 is 7.59. The Hall–Kier alpha value is -4.03. The number of hydrogen-bond donors (Lipinski definition) is 0. The lowest BCUT2D eigenvalue weighted by molar-refractivity contribution is -0.139. The van der Waals surface area contributed by atoms with Gasteiger partial charge in [0.25, 0.3) is 5.56 Å². The molecule has 0 bridgehead atoms. The second kappa shape index (κ2) is 9.68. The normalized spacial score (nSPS) is 15.9. The fourth-order valence-corrected chi connectivity index (χ4v) is 5.40. The van der Waals surface area contributed by atoms with Gasteiger partial charge in [-0.15, -0.1) is 0 Å². The molecule has 3 aromatic carbocycles. The van der Waals surface area contributed by atoms with Crippen LogP contribution in [-0.2, 0) is 9.53 Å². The van der Waals surface area contributed by atoms with Gasteiger partial charge in [-0.1, -0.05) is 96.3 Å². The molecule has 2 heterocycles. The number of esters is 1. The van der Waals surface area contributed by atoms with Crippen molar-refractivity contribution >= 4 is 40.2 Å². The molecule has 1 aliphatic heterocycles. The third-order valence-corrected chi connectivity index (χ3v) is 6.97. The number of fused-ring (bicyclic) bond motifs is 2. The van der Waals surface area contributed by atoms with E-state index in [0.29, 0.717) is 20.6 Å². The van der Waals surface area contributed by atoms with Crippen molar-refractivity contribution in [2.24, 2.45) is 4.99 Å². The molecule has 1 atom stereocenters. The Morgan fingerprint density at radius 3 is 2.60 bits per heavy atom. The number of benzene rings is 3. The third kappa shape index (κ3) is 4.29. The maximum absolute atomic E-state index is 13.7. The van der Waals surface area contributed by atoms with E-state index in [1.165, 1.54) is 11.3 Å². The standard InChI is InChI=1S/C29H24N2O3S/c1-3-34-28(33)25-19(2)30-29-31(26(25)23-17-10-15-21-14-7-8-16-22(21)23)27(32)24(35-29)18-9-13-20-11-5-4-6-12-20/h4-18,26H,3H2,1-2H3/b13-9+,24-18+/t26-/m1/s1. The molecular weight excluding hydrogens is 456 g/mol. The maximum Gasteiger partial charge on any atom is 0.338 e. The second-order valence-electron chi connectivity index (χ2n) is 8.16. The minimum absolute atomic E-state index is 0.182. The Morgan fingerprint density at radius 1 is 1.06 bits per heavy atom. The molecule has 1 aliphatic rings. The van der Waals surface area contributed by atoms with Gasteiger partial charge in [0.2, 0.25) is 0 Å². The highest BCUT2D eigenvalue weighted by Crippen LogP contribution is 2.34. The van der Waals surface area contributed by atoms with Crippen molar-refractivity contribution in [1.29, 1.82) is 0 Å². The van der Waals surface area contributed by atoms with Crippen molar-refractivity contribution in [2.45, 2.75) is 19.9 Å². The van der Waals surface area contributed by atoms with Crippen molar-refractivity contribution in [3.8, 4) is 0 Å². The van der Waals surface area contributed by atoms with Crippen LogP contribution >= 0.6 is 11.3 Å². The van der Waals surface area contributed by atoms with Crippen LogP contribution in [0, 0.1) is 0 Å². The summed E-state index contributed by atoms with van der Waals surface area (Å²) in [6, 6.07) is 23.2. The number of rotatable bonds is 5. The van der Waals surface area contributed by atoms with Gasteiger partial charge in [-0.25, -0.2) is 9.79 Å². The van der Waals surface area contributed by atoms with Crippen molar-refractivity contribution in [3.05, 3.63) is 121 Å². The molecule has 5 rings (SSSR count). The molecule has 0 saturated heterocycles. The number of aromatic nitrogens is 1. The molecule has 6 heteroatoms. The number of hydrogen-bond acceptors (Lipinski definition) is 5. The van der Waals surface area contributed by atoms with E-state index in [1.54, 1.807) is 24.5 Å². The molecule has 0 N–H and O–H groups in total. The summed E-state index contributed by atoms with van der Waals surface area (Å²) in [6.45, 7) is 3.82. The number of carbonyl (C=O) groups is 1. The van der Waals surface area contributed by atoms with E-state index >= 15 is 0 Å². The zero-order valence-electron chi connectivity index (χ0n) is 19.5. The molecule has 0 spiro atoms. The monoisotopic (exact) mass is 480 g/mol. The lowest BCUT2D eigenvalue weighted by Crippen LogP contribution is -2.40. The van der Waals surface area contributed by atoms with Gasteiger partial charge < -0.3 is 4.74 Å². The first kappa shape index (κ1) is 22.7. The molecule has 4 aromatic rings. The minimum atomic E-state index is -0.628. The van der Waals surface area contributed by atoms with E-state index in [1.807, 2.05) is 84.9 Å². The predicted molar refractivity (Wildman–Crippen MR) is 141 cm³/mol. The predicted octanol–water partition coefficient (Wildman–Crippen LogP) is 4.62. The molecule has 1 aromatic heterocycles. The summed E-state index contributed by atoms with van der Waals surface area (Å²) in [4.78, 5) is 32.0. The summed E-state index contributed by atoms with van der Waals surface area (Å²) in [5.74, 6) is -0.454. The zero-order valence-corrected chi connectivity index (χ0v) is 20.3. The number of ether oxygens (including phenoxy) is 1. The summed E-state index contributed by atoms with van der Waals surface area (Å²) in [5.41, 5.74) is 2.69. The molecule has 0 unspecified atom stereocenters. The number of carbonyl (C=O) groups excluding carboxylic acids is 1. The van der Waals surface area contributed by atoms with Crippen LogP contribution in [0.25, 0.3) is 22.9 Å². The van der Waals surface area contributed by atoms with E-state index in [0.717, 1.165) is 21.9 Å². The number of thiazole rings is 1. The first-order chi connectivity index (χ1) is 17.1. The average molecular weight is 481 g/mol. The minimum Gasteiger partial charge on any atom is -0.463 e. The molecule has 0 radical (unpaired) electrons. The second-order valence-corrected chi connectivity index (χ2v) is 9.17. The highest BCUT2D eigenvalue weighted by Gasteiger charge is 2.34. The largest absolute Gasteiger partial charge is 0.463 e. The van der Waals surface area contributed by atoms with Crippen LogP contribution in [0.3, 0.4) is 0 Å². The Bertz CT molecular complexity index is 1650. The Kier molecular flexibility index (Phi) is 6.29. The van der Waals surface area contributed by atoms with Gasteiger partial charge in [-0.05, 0) is 41.8 Å². The third-order valence-electron chi connectivity index (χ3n) is 5.97. The van der Waals surface area contributed by atoms with E-state index in [-0.39, 0.29) is 12.2 Å². The summed E-state index contributed by atoms with van der Waals surface area (Å²) in [7, 11) is 0. The summed E-state index contributed by atoms with van der Waals surface area (Å²) in [5, 5.41) is 2.02. The highest BCUT2D eigenvalue weighted by molar-refractivity contribution is 7.07. The van der Waals surface area contributed by atoms with Gasteiger partial charge in [0, 0.05) is 0 Å². The van der Waals surface area contributed by atoms with Crippen molar-refractivity contribution in [3.63, 3.8) is 0 Å². The van der Waals surface area contributed by atoms with Crippen molar-refractivity contribution in [2.75, 3.05) is 6.61 Å². The van der Waals surface area contributed by atoms with Crippen molar-refractivity contribution < 1.29 is 9.53 Å². The molecule has 0 fully saturated rings. The molecule has 35 heavy (non-hydrogen) atoms. The fraction of sp³-hybridized carbons (Fsp3) is 0.138. The van der Waals surface area contributed by atoms with Crippen LogP contribution in [0.2, 0.25) is 0 Å². The van der Waals surface area contributed by atoms with Gasteiger partial charge in [-0.2, -0.15) is 0 Å². The molecular formula is C29H24N2O3S. The zero-order chi connectivity index (χ0) is 24.4. The first-order valence-corrected chi connectivity index (χ1v) is 12.3. The van der Waals surface area contributed by atoms with Crippen LogP contribution in [0.4, 0.5) is 0 Å². The van der Waals surface area contributed by atoms with Gasteiger partial charge in [0.15, 0.2) is 4.80 Å². The van der Waals surface area contributed by atoms with Crippen molar-refractivity contribution in [1.82, 2.24) is 4.57 Å². The maximum atomic E-state index is 13.7. The van der Waals surface area contributed by atoms with Gasteiger partial charge in [-0.3, -0.25) is 9.36 Å². The lowest BCUT2D eigenvalue weighted by atomic mass is 9.91. The summed E-state index contributed by atoms with van der Waals surface area (Å²) >= 11 is 1.32. The van der Waals surface area contributed by atoms with Crippen LogP contribution in [0.15, 0.2) is 99.9 Å². The Balaban J connectivity index is 1.72. The van der Waals surface area contributed by atoms with Crippen LogP contribution < -0.4 is 14.9 Å². The SMILES string of the molecule is CCOC(=O)C1=C(C)N=c2s/c(=C/C=C/c3ccccc3)c(=O)n2[C@@H]1c1cccc2ccccc12. The fourth-order valence-electron chi connectivity index (χ4n) is 4.40. The van der Waals surface area contributed by atoms with Crippen LogP contribution in [0.1, 0.15) is 31.0 Å². The van der Waals surface area contributed by atoms with E-state index in [4.69, 9.17) is 4.74 Å². The first-order valence-electron chi connectivity index (χ1n) is 11.5. The highest BCUT2D eigenvalue weighted by atomic mass is 32.1. The average Bonchev–Trinajstić information content (AvgIpc) is 3.18. The molecule has 5 nitrogen and oxygen atoms in total. The quantitative estimate of drug-likeness (QED) is 0.392. The lowest BCUT2D eigenvalue weighted by Gasteiger charge is -2.25. The van der Waals surface area contributed by atoms with Crippen LogP contribution in [-0.4, -0.2) is 17.1 Å². The van der Waals surface area contributed by atoms with Gasteiger partial charge in [0.05, 0.1) is 28.5 Å². The summed E-state index contributed by atoms with van der Waals surface area (Å²) in [6.07, 6.45) is 5.63. The van der Waals surface area contributed by atoms with E-state index < -0.39 is 12.0 Å². The molecule has 0 aliphatic carbocycles. The molecule has 0 amide bonds. The van der Waals surface area contributed by atoms with Gasteiger partial charge in [0.1, 0.15) is 0 Å².